The minimum Gasteiger partial charge on any atom is -0.493 e. The molecule has 7 heteroatoms. The summed E-state index contributed by atoms with van der Waals surface area (Å²) in [5.74, 6) is 0.426. The molecule has 154 valence electrons. The first kappa shape index (κ1) is 21.7. The maximum atomic E-state index is 12.3. The van der Waals surface area contributed by atoms with Crippen LogP contribution in [-0.4, -0.2) is 56.0 Å². The number of carbonyl (C=O) groups excluding carboxylic acids is 3. The smallest absolute Gasteiger partial charge is 0.344 e. The van der Waals surface area contributed by atoms with Crippen molar-refractivity contribution in [1.82, 2.24) is 4.90 Å². The largest absolute Gasteiger partial charge is 0.493 e. The summed E-state index contributed by atoms with van der Waals surface area (Å²) in [6.07, 6.45) is 4.19. The second-order valence-electron chi connectivity index (χ2n) is 7.29. The van der Waals surface area contributed by atoms with Crippen LogP contribution in [0.5, 0.6) is 11.5 Å². The second kappa shape index (κ2) is 10.1. The highest BCUT2D eigenvalue weighted by atomic mass is 16.6. The first-order valence-electron chi connectivity index (χ1n) is 9.54. The molecule has 1 fully saturated rings. The Morgan fingerprint density at radius 2 is 1.75 bits per heavy atom. The second-order valence-corrected chi connectivity index (χ2v) is 7.29. The lowest BCUT2D eigenvalue weighted by atomic mass is 9.87. The number of hydrogen-bond acceptors (Lipinski definition) is 6. The summed E-state index contributed by atoms with van der Waals surface area (Å²) >= 11 is 0. The zero-order valence-corrected chi connectivity index (χ0v) is 17.0. The number of Topliss-reactive ketones (excluding diaryl/α,β-unsaturated/α-hetero) is 1. The Bertz CT molecular complexity index is 709. The number of ether oxygens (including phenoxy) is 3. The summed E-state index contributed by atoms with van der Waals surface area (Å²) in [7, 11) is 3.21. The molecule has 0 N–H and O–H groups in total. The molecule has 1 aromatic carbocycles. The Kier molecular flexibility index (Phi) is 7.84. The van der Waals surface area contributed by atoms with Crippen LogP contribution in [0, 0.1) is 5.92 Å². The van der Waals surface area contributed by atoms with Gasteiger partial charge in [-0.2, -0.15) is 0 Å². The minimum absolute atomic E-state index is 0.0979. The summed E-state index contributed by atoms with van der Waals surface area (Å²) in [6, 6.07) is 4.91. The lowest BCUT2D eigenvalue weighted by molar-refractivity contribution is -0.154. The molecular formula is C21H29NO6. The Balaban J connectivity index is 1.79. The van der Waals surface area contributed by atoms with Crippen molar-refractivity contribution >= 4 is 17.7 Å². The number of esters is 1. The van der Waals surface area contributed by atoms with E-state index in [1.807, 2.05) is 0 Å². The molecule has 1 saturated carbocycles. The number of nitrogens with zero attached hydrogens (tertiary/aromatic N) is 1. The van der Waals surface area contributed by atoms with Crippen LogP contribution in [0.25, 0.3) is 0 Å². The van der Waals surface area contributed by atoms with E-state index in [-0.39, 0.29) is 30.9 Å². The summed E-state index contributed by atoms with van der Waals surface area (Å²) in [4.78, 5) is 37.3. The Morgan fingerprint density at radius 1 is 1.07 bits per heavy atom. The Labute approximate surface area is 165 Å². The number of carbonyl (C=O) groups is 3. The number of ketones is 1. The summed E-state index contributed by atoms with van der Waals surface area (Å²) < 4.78 is 15.6. The molecule has 0 atom stereocenters. The quantitative estimate of drug-likeness (QED) is 0.501. The predicted molar refractivity (Wildman–Crippen MR) is 104 cm³/mol. The maximum Gasteiger partial charge on any atom is 0.344 e. The van der Waals surface area contributed by atoms with Gasteiger partial charge >= 0.3 is 5.97 Å². The van der Waals surface area contributed by atoms with E-state index in [0.29, 0.717) is 23.0 Å². The highest BCUT2D eigenvalue weighted by Crippen LogP contribution is 2.28. The number of amides is 1. The zero-order chi connectivity index (χ0) is 20.7. The van der Waals surface area contributed by atoms with E-state index in [1.54, 1.807) is 30.1 Å². The van der Waals surface area contributed by atoms with Crippen molar-refractivity contribution in [3.8, 4) is 11.5 Å². The van der Waals surface area contributed by atoms with Gasteiger partial charge in [-0.1, -0.05) is 6.92 Å². The van der Waals surface area contributed by atoms with Crippen LogP contribution in [0.4, 0.5) is 0 Å². The predicted octanol–water partition coefficient (Wildman–Crippen LogP) is 2.86. The number of benzene rings is 1. The number of methoxy groups -OCH3 is 1. The van der Waals surface area contributed by atoms with Crippen LogP contribution >= 0.6 is 0 Å². The molecule has 0 unspecified atom stereocenters. The molecule has 0 heterocycles. The van der Waals surface area contributed by atoms with Gasteiger partial charge in [0.25, 0.3) is 5.91 Å². The van der Waals surface area contributed by atoms with Gasteiger partial charge in [0.15, 0.2) is 30.5 Å². The van der Waals surface area contributed by atoms with Gasteiger partial charge in [0.2, 0.25) is 0 Å². The lowest BCUT2D eigenvalue weighted by Gasteiger charge is -2.33. The molecule has 0 aromatic heterocycles. The average Bonchev–Trinajstić information content (AvgIpc) is 2.70. The molecule has 1 aromatic rings. The number of rotatable bonds is 8. The van der Waals surface area contributed by atoms with Crippen molar-refractivity contribution in [2.24, 2.45) is 5.92 Å². The third kappa shape index (κ3) is 5.97. The van der Waals surface area contributed by atoms with Crippen LogP contribution in [0.1, 0.15) is 49.9 Å². The van der Waals surface area contributed by atoms with Gasteiger partial charge in [0.05, 0.1) is 7.11 Å². The van der Waals surface area contributed by atoms with Crippen LogP contribution in [0.3, 0.4) is 0 Å². The van der Waals surface area contributed by atoms with Crippen LogP contribution in [0.2, 0.25) is 0 Å². The summed E-state index contributed by atoms with van der Waals surface area (Å²) in [6.45, 7) is 3.02. The molecule has 0 radical (unpaired) electrons. The molecule has 0 saturated heterocycles. The van der Waals surface area contributed by atoms with Gasteiger partial charge < -0.3 is 19.1 Å². The van der Waals surface area contributed by atoms with Crippen LogP contribution in [0.15, 0.2) is 18.2 Å². The maximum absolute atomic E-state index is 12.3. The van der Waals surface area contributed by atoms with E-state index in [9.17, 15) is 14.4 Å². The average molecular weight is 391 g/mol. The highest BCUT2D eigenvalue weighted by Gasteiger charge is 2.25. The SMILES string of the molecule is COc1cc(C(C)=O)ccc1OCC(=O)OCC(=O)N(C)C1CCC(C)CC1. The van der Waals surface area contributed by atoms with Crippen molar-refractivity contribution in [2.75, 3.05) is 27.4 Å². The van der Waals surface area contributed by atoms with E-state index in [2.05, 4.69) is 6.92 Å². The molecule has 7 nitrogen and oxygen atoms in total. The Hall–Kier alpha value is -2.57. The van der Waals surface area contributed by atoms with E-state index < -0.39 is 5.97 Å². The van der Waals surface area contributed by atoms with Crippen molar-refractivity contribution in [3.05, 3.63) is 23.8 Å². The monoisotopic (exact) mass is 391 g/mol. The fourth-order valence-corrected chi connectivity index (χ4v) is 3.26. The molecule has 0 aliphatic heterocycles. The third-order valence-corrected chi connectivity index (χ3v) is 5.20. The zero-order valence-electron chi connectivity index (χ0n) is 17.0. The van der Waals surface area contributed by atoms with Gasteiger partial charge in [-0.3, -0.25) is 9.59 Å². The van der Waals surface area contributed by atoms with Gasteiger partial charge in [-0.15, -0.1) is 0 Å². The van der Waals surface area contributed by atoms with Crippen LogP contribution < -0.4 is 9.47 Å². The van der Waals surface area contributed by atoms with E-state index in [0.717, 1.165) is 25.7 Å². The summed E-state index contributed by atoms with van der Waals surface area (Å²) in [5, 5.41) is 0. The first-order chi connectivity index (χ1) is 13.3. The molecule has 0 bridgehead atoms. The topological polar surface area (TPSA) is 82.1 Å². The van der Waals surface area contributed by atoms with Gasteiger partial charge in [-0.05, 0) is 56.7 Å². The molecule has 0 spiro atoms. The van der Waals surface area contributed by atoms with Gasteiger partial charge in [-0.25, -0.2) is 4.79 Å². The first-order valence-corrected chi connectivity index (χ1v) is 9.54. The normalized spacial score (nSPS) is 18.9. The fourth-order valence-electron chi connectivity index (χ4n) is 3.26. The Morgan fingerprint density at radius 3 is 2.36 bits per heavy atom. The number of hydrogen-bond donors (Lipinski definition) is 0. The lowest BCUT2D eigenvalue weighted by Crippen LogP contribution is -2.41. The van der Waals surface area contributed by atoms with Crippen molar-refractivity contribution in [2.45, 2.75) is 45.6 Å². The van der Waals surface area contributed by atoms with Crippen molar-refractivity contribution in [3.63, 3.8) is 0 Å². The molecule has 28 heavy (non-hydrogen) atoms. The van der Waals surface area contributed by atoms with E-state index in [1.165, 1.54) is 14.0 Å². The standard InChI is InChI=1S/C21H29NO6/c1-14-5-8-17(9-6-14)22(3)20(24)12-28-21(25)13-27-18-10-7-16(15(2)23)11-19(18)26-4/h7,10-11,14,17H,5-6,8-9,12-13H2,1-4H3. The highest BCUT2D eigenvalue weighted by molar-refractivity contribution is 5.94. The molecule has 1 aliphatic carbocycles. The molecule has 2 rings (SSSR count). The number of likely N-dealkylation sites (N-methyl/N-ethyl adjacent to an activating group) is 1. The summed E-state index contributed by atoms with van der Waals surface area (Å²) in [5.41, 5.74) is 0.484. The third-order valence-electron chi connectivity index (χ3n) is 5.20. The molecular weight excluding hydrogens is 362 g/mol. The van der Waals surface area contributed by atoms with Crippen molar-refractivity contribution in [1.29, 1.82) is 0 Å². The molecule has 1 amide bonds. The van der Waals surface area contributed by atoms with E-state index in [4.69, 9.17) is 14.2 Å². The fraction of sp³-hybridized carbons (Fsp3) is 0.571. The van der Waals surface area contributed by atoms with Crippen LogP contribution in [-0.2, 0) is 14.3 Å². The van der Waals surface area contributed by atoms with Crippen molar-refractivity contribution < 1.29 is 28.6 Å². The van der Waals surface area contributed by atoms with Gasteiger partial charge in [0, 0.05) is 18.7 Å². The van der Waals surface area contributed by atoms with E-state index >= 15 is 0 Å². The minimum atomic E-state index is -0.642. The molecule has 1 aliphatic rings. The van der Waals surface area contributed by atoms with Gasteiger partial charge in [0.1, 0.15) is 0 Å².